The maximum absolute atomic E-state index is 10.1. The minimum Gasteiger partial charge on any atom is -0.331 e. The molecule has 0 atom stereocenters. The number of para-hydroxylation sites is 1. The Morgan fingerprint density at radius 2 is 2.08 bits per heavy atom. The number of hydrogen-bond donors (Lipinski definition) is 1. The molecule has 0 radical (unpaired) electrons. The first kappa shape index (κ1) is 9.60. The van der Waals surface area contributed by atoms with Crippen LogP contribution < -0.4 is 5.32 Å². The summed E-state index contributed by atoms with van der Waals surface area (Å²) in [7, 11) is 1.49. The minimum absolute atomic E-state index is 0.279. The van der Waals surface area contributed by atoms with Gasteiger partial charge in [-0.25, -0.2) is 5.01 Å². The van der Waals surface area contributed by atoms with Crippen LogP contribution in [-0.2, 0) is 0 Å². The first-order valence-electron chi connectivity index (χ1n) is 3.67. The molecule has 5 heteroatoms. The van der Waals surface area contributed by atoms with E-state index in [1.807, 2.05) is 30.3 Å². The van der Waals surface area contributed by atoms with E-state index in [0.29, 0.717) is 0 Å². The molecular weight excluding hydrogens is 186 g/mol. The van der Waals surface area contributed by atoms with Crippen LogP contribution in [0.1, 0.15) is 0 Å². The fraction of sp³-hybridized carbons (Fsp3) is 0.125. The predicted octanol–water partition coefficient (Wildman–Crippen LogP) is 2.00. The first-order chi connectivity index (χ1) is 6.24. The normalized spacial score (nSPS) is 9.00. The third-order valence-electron chi connectivity index (χ3n) is 1.44. The molecule has 4 nitrogen and oxygen atoms in total. The van der Waals surface area contributed by atoms with Crippen molar-refractivity contribution in [2.24, 2.45) is 5.29 Å². The van der Waals surface area contributed by atoms with E-state index in [1.54, 1.807) is 0 Å². The van der Waals surface area contributed by atoms with Crippen LogP contribution in [0.5, 0.6) is 0 Å². The first-order valence-corrected chi connectivity index (χ1v) is 4.08. The molecule has 1 aromatic carbocycles. The van der Waals surface area contributed by atoms with Crippen molar-refractivity contribution in [3.63, 3.8) is 0 Å². The van der Waals surface area contributed by atoms with Crippen molar-refractivity contribution in [2.75, 3.05) is 12.4 Å². The van der Waals surface area contributed by atoms with Gasteiger partial charge in [0.1, 0.15) is 0 Å². The Morgan fingerprint density at radius 3 is 2.62 bits per heavy atom. The number of hydrogen-bond acceptors (Lipinski definition) is 3. The molecule has 0 aliphatic rings. The number of nitrogens with one attached hydrogen (secondary N) is 1. The van der Waals surface area contributed by atoms with Crippen LogP contribution in [0, 0.1) is 4.91 Å². The van der Waals surface area contributed by atoms with E-state index < -0.39 is 0 Å². The van der Waals surface area contributed by atoms with Crippen LogP contribution in [-0.4, -0.2) is 17.2 Å². The second kappa shape index (κ2) is 4.51. The van der Waals surface area contributed by atoms with E-state index in [1.165, 1.54) is 7.05 Å². The smallest absolute Gasteiger partial charge is 0.196 e. The van der Waals surface area contributed by atoms with Crippen molar-refractivity contribution in [1.82, 2.24) is 5.01 Å². The van der Waals surface area contributed by atoms with Gasteiger partial charge in [0.05, 0.1) is 5.29 Å². The van der Waals surface area contributed by atoms with Crippen molar-refractivity contribution in [3.8, 4) is 0 Å². The monoisotopic (exact) mass is 195 g/mol. The van der Waals surface area contributed by atoms with Gasteiger partial charge in [0.2, 0.25) is 0 Å². The number of rotatable bonds is 2. The summed E-state index contributed by atoms with van der Waals surface area (Å²) in [5.41, 5.74) is 0.836. The van der Waals surface area contributed by atoms with Crippen LogP contribution in [0.2, 0.25) is 0 Å². The molecule has 0 unspecified atom stereocenters. The van der Waals surface area contributed by atoms with Gasteiger partial charge >= 0.3 is 0 Å². The minimum atomic E-state index is 0.279. The average molecular weight is 195 g/mol. The Hall–Kier alpha value is -1.49. The third-order valence-corrected chi connectivity index (χ3v) is 1.81. The van der Waals surface area contributed by atoms with Crippen molar-refractivity contribution >= 4 is 23.0 Å². The lowest BCUT2D eigenvalue weighted by molar-refractivity contribution is 0.546. The molecule has 1 N–H and O–H groups in total. The van der Waals surface area contributed by atoms with E-state index in [0.717, 1.165) is 10.7 Å². The molecule has 0 amide bonds. The lowest BCUT2D eigenvalue weighted by atomic mass is 10.3. The Bertz CT molecular complexity index is 302. The van der Waals surface area contributed by atoms with Gasteiger partial charge in [-0.3, -0.25) is 0 Å². The largest absolute Gasteiger partial charge is 0.331 e. The second-order valence-electron chi connectivity index (χ2n) is 2.40. The highest BCUT2D eigenvalue weighted by molar-refractivity contribution is 7.80. The summed E-state index contributed by atoms with van der Waals surface area (Å²) in [4.78, 5) is 10.1. The molecular formula is C8H9N3OS. The summed E-state index contributed by atoms with van der Waals surface area (Å²) < 4.78 is 0. The Kier molecular flexibility index (Phi) is 3.33. The Balaban J connectivity index is 2.60. The number of nitrogens with zero attached hydrogens (tertiary/aromatic N) is 2. The highest BCUT2D eigenvalue weighted by Crippen LogP contribution is 2.05. The molecule has 0 heterocycles. The van der Waals surface area contributed by atoms with Crippen LogP contribution in [0.25, 0.3) is 0 Å². The van der Waals surface area contributed by atoms with Gasteiger partial charge in [0.15, 0.2) is 5.11 Å². The summed E-state index contributed by atoms with van der Waals surface area (Å²) in [5.74, 6) is 0. The van der Waals surface area contributed by atoms with Gasteiger partial charge in [-0.05, 0) is 24.4 Å². The van der Waals surface area contributed by atoms with Crippen LogP contribution in [0.15, 0.2) is 35.6 Å². The molecule has 13 heavy (non-hydrogen) atoms. The van der Waals surface area contributed by atoms with Gasteiger partial charge in [-0.1, -0.05) is 18.2 Å². The van der Waals surface area contributed by atoms with E-state index in [2.05, 4.69) is 10.6 Å². The lowest BCUT2D eigenvalue weighted by Gasteiger charge is -2.11. The molecule has 0 bridgehead atoms. The van der Waals surface area contributed by atoms with E-state index in [4.69, 9.17) is 12.2 Å². The van der Waals surface area contributed by atoms with E-state index in [9.17, 15) is 4.91 Å². The quantitative estimate of drug-likeness (QED) is 0.445. The lowest BCUT2D eigenvalue weighted by Crippen LogP contribution is -2.25. The zero-order chi connectivity index (χ0) is 9.68. The van der Waals surface area contributed by atoms with Gasteiger partial charge in [0.25, 0.3) is 0 Å². The summed E-state index contributed by atoms with van der Waals surface area (Å²) in [6.07, 6.45) is 0. The highest BCUT2D eigenvalue weighted by atomic mass is 32.1. The molecule has 68 valence electrons. The zero-order valence-corrected chi connectivity index (χ0v) is 7.91. The second-order valence-corrected chi connectivity index (χ2v) is 2.79. The molecule has 0 spiro atoms. The van der Waals surface area contributed by atoms with Crippen LogP contribution in [0.3, 0.4) is 0 Å². The molecule has 0 aliphatic carbocycles. The molecule has 0 aromatic heterocycles. The Labute approximate surface area is 81.5 Å². The van der Waals surface area contributed by atoms with Crippen LogP contribution in [0.4, 0.5) is 5.69 Å². The molecule has 0 saturated heterocycles. The molecule has 0 saturated carbocycles. The van der Waals surface area contributed by atoms with Gasteiger partial charge < -0.3 is 5.32 Å². The predicted molar refractivity (Wildman–Crippen MR) is 56.2 cm³/mol. The number of benzene rings is 1. The fourth-order valence-corrected chi connectivity index (χ4v) is 0.914. The highest BCUT2D eigenvalue weighted by Gasteiger charge is 2.02. The standard InChI is InChI=1S/C8H9N3OS/c1-11(10-12)8(13)9-7-5-3-2-4-6-7/h2-6H,1H3,(H,9,13). The number of nitroso groups, excluding NO2 is 1. The van der Waals surface area contributed by atoms with Gasteiger partial charge in [-0.2, -0.15) is 0 Å². The number of thiocarbonyl (C=S) groups is 1. The van der Waals surface area contributed by atoms with Gasteiger partial charge in [-0.15, -0.1) is 4.91 Å². The third kappa shape index (κ3) is 2.79. The zero-order valence-electron chi connectivity index (χ0n) is 7.10. The maximum Gasteiger partial charge on any atom is 0.196 e. The topological polar surface area (TPSA) is 44.7 Å². The van der Waals surface area contributed by atoms with Crippen molar-refractivity contribution in [2.45, 2.75) is 0 Å². The summed E-state index contributed by atoms with van der Waals surface area (Å²) in [6.45, 7) is 0. The van der Waals surface area contributed by atoms with Gasteiger partial charge in [0, 0.05) is 12.7 Å². The average Bonchev–Trinajstić information content (AvgIpc) is 2.18. The molecule has 0 aliphatic heterocycles. The Morgan fingerprint density at radius 1 is 1.46 bits per heavy atom. The summed E-state index contributed by atoms with van der Waals surface area (Å²) >= 11 is 4.88. The summed E-state index contributed by atoms with van der Waals surface area (Å²) in [6, 6.07) is 9.35. The molecule has 1 aromatic rings. The molecule has 1 rings (SSSR count). The van der Waals surface area contributed by atoms with Crippen LogP contribution >= 0.6 is 12.2 Å². The number of anilines is 1. The maximum atomic E-state index is 10.1. The van der Waals surface area contributed by atoms with E-state index in [-0.39, 0.29) is 5.11 Å². The fourth-order valence-electron chi connectivity index (χ4n) is 0.763. The molecule has 0 fully saturated rings. The van der Waals surface area contributed by atoms with E-state index >= 15 is 0 Å². The van der Waals surface area contributed by atoms with Crippen molar-refractivity contribution in [1.29, 1.82) is 0 Å². The van der Waals surface area contributed by atoms with Crippen molar-refractivity contribution < 1.29 is 0 Å². The van der Waals surface area contributed by atoms with Crippen molar-refractivity contribution in [3.05, 3.63) is 35.2 Å². The SMILES string of the molecule is CN(N=O)C(=S)Nc1ccccc1. The summed E-state index contributed by atoms with van der Waals surface area (Å²) in [5, 5.41) is 6.86.